The van der Waals surface area contributed by atoms with Crippen LogP contribution in [0.2, 0.25) is 0 Å². The summed E-state index contributed by atoms with van der Waals surface area (Å²) in [6, 6.07) is 6.56. The Morgan fingerprint density at radius 2 is 1.76 bits per heavy atom. The first kappa shape index (κ1) is 23.0. The van der Waals surface area contributed by atoms with Gasteiger partial charge in [0, 0.05) is 25.0 Å². The minimum atomic E-state index is -0.279. The Labute approximate surface area is 199 Å². The zero-order chi connectivity index (χ0) is 23.7. The molecule has 1 aromatic heterocycles. The minimum absolute atomic E-state index is 0.0422. The number of fused-ring (bicyclic) bond motifs is 1. The zero-order valence-electron chi connectivity index (χ0n) is 19.6. The third-order valence-corrected chi connectivity index (χ3v) is 7.39. The second kappa shape index (κ2) is 9.84. The molecule has 2 aromatic rings. The van der Waals surface area contributed by atoms with Gasteiger partial charge in [0.2, 0.25) is 5.91 Å². The van der Waals surface area contributed by atoms with Gasteiger partial charge in [0.25, 0.3) is 5.91 Å². The average molecular weight is 470 g/mol. The number of hydrogen-bond acceptors (Lipinski definition) is 5. The van der Waals surface area contributed by atoms with Crippen molar-refractivity contribution in [1.82, 2.24) is 24.7 Å². The van der Waals surface area contributed by atoms with E-state index in [1.54, 1.807) is 23.4 Å². The number of piperidine rings is 2. The van der Waals surface area contributed by atoms with Crippen molar-refractivity contribution in [2.75, 3.05) is 33.2 Å². The molecule has 4 heterocycles. The van der Waals surface area contributed by atoms with E-state index in [2.05, 4.69) is 22.2 Å². The van der Waals surface area contributed by atoms with Crippen molar-refractivity contribution in [3.05, 3.63) is 53.4 Å². The maximum atomic E-state index is 13.2. The number of benzene rings is 1. The van der Waals surface area contributed by atoms with Crippen molar-refractivity contribution >= 4 is 11.8 Å². The summed E-state index contributed by atoms with van der Waals surface area (Å²) in [5.74, 6) is -0.300. The summed E-state index contributed by atoms with van der Waals surface area (Å²) in [6.45, 7) is 3.94. The standard InChI is InChI=1S/C25H32FN5O3/c1-29-10-8-20(9-11-29)28-24(32)18-6-12-30(13-7-18)25(33)23-21-15-34-22(14-31(21)16-27-23)17-2-4-19(26)5-3-17/h2-5,16,18,20,22H,6-15H2,1H3,(H,28,32)/t22-/m1/s1. The summed E-state index contributed by atoms with van der Waals surface area (Å²) >= 11 is 0. The molecule has 3 aliphatic rings. The van der Waals surface area contributed by atoms with E-state index < -0.39 is 0 Å². The number of imidazole rings is 1. The van der Waals surface area contributed by atoms with Crippen LogP contribution in [0.15, 0.2) is 30.6 Å². The summed E-state index contributed by atoms with van der Waals surface area (Å²) < 4.78 is 21.2. The van der Waals surface area contributed by atoms with Crippen molar-refractivity contribution in [2.24, 2.45) is 5.92 Å². The van der Waals surface area contributed by atoms with Gasteiger partial charge in [-0.15, -0.1) is 0 Å². The molecule has 0 bridgehead atoms. The highest BCUT2D eigenvalue weighted by atomic mass is 19.1. The van der Waals surface area contributed by atoms with E-state index in [0.29, 0.717) is 38.2 Å². The minimum Gasteiger partial charge on any atom is -0.365 e. The first-order valence-electron chi connectivity index (χ1n) is 12.2. The Morgan fingerprint density at radius 1 is 1.06 bits per heavy atom. The molecule has 2 amide bonds. The van der Waals surface area contributed by atoms with Crippen LogP contribution >= 0.6 is 0 Å². The number of carbonyl (C=O) groups is 2. The number of hydrogen-bond donors (Lipinski definition) is 1. The molecule has 0 radical (unpaired) electrons. The number of ether oxygens (including phenoxy) is 1. The molecule has 2 fully saturated rings. The molecule has 1 N–H and O–H groups in total. The molecule has 1 atom stereocenters. The Bertz CT molecular complexity index is 1020. The summed E-state index contributed by atoms with van der Waals surface area (Å²) in [5, 5.41) is 3.22. The predicted octanol–water partition coefficient (Wildman–Crippen LogP) is 2.36. The molecule has 182 valence electrons. The molecular formula is C25H32FN5O3. The Hall–Kier alpha value is -2.78. The Morgan fingerprint density at radius 3 is 2.47 bits per heavy atom. The van der Waals surface area contributed by atoms with E-state index in [0.717, 1.165) is 37.2 Å². The van der Waals surface area contributed by atoms with Crippen LogP contribution in [0.1, 0.15) is 53.5 Å². The van der Waals surface area contributed by atoms with Gasteiger partial charge in [0.1, 0.15) is 11.9 Å². The Balaban J connectivity index is 1.15. The van der Waals surface area contributed by atoms with E-state index in [9.17, 15) is 14.0 Å². The maximum absolute atomic E-state index is 13.2. The molecule has 1 aromatic carbocycles. The van der Waals surface area contributed by atoms with Gasteiger partial charge in [-0.25, -0.2) is 9.37 Å². The van der Waals surface area contributed by atoms with Gasteiger partial charge in [0.05, 0.1) is 25.2 Å². The van der Waals surface area contributed by atoms with E-state index in [4.69, 9.17) is 4.74 Å². The first-order chi connectivity index (χ1) is 16.5. The fourth-order valence-electron chi connectivity index (χ4n) is 5.15. The molecule has 9 heteroatoms. The molecule has 0 aliphatic carbocycles. The van der Waals surface area contributed by atoms with E-state index >= 15 is 0 Å². The first-order valence-corrected chi connectivity index (χ1v) is 12.2. The second-order valence-electron chi connectivity index (χ2n) is 9.70. The van der Waals surface area contributed by atoms with Gasteiger partial charge in [-0.2, -0.15) is 0 Å². The molecule has 3 aliphatic heterocycles. The number of rotatable bonds is 4. The largest absolute Gasteiger partial charge is 0.365 e. The van der Waals surface area contributed by atoms with Crippen LogP contribution in [0.5, 0.6) is 0 Å². The lowest BCUT2D eigenvalue weighted by Gasteiger charge is -2.34. The lowest BCUT2D eigenvalue weighted by atomic mass is 9.94. The van der Waals surface area contributed by atoms with Gasteiger partial charge in [0.15, 0.2) is 5.69 Å². The lowest BCUT2D eigenvalue weighted by molar-refractivity contribution is -0.127. The third kappa shape index (κ3) is 4.86. The molecule has 0 unspecified atom stereocenters. The van der Waals surface area contributed by atoms with Gasteiger partial charge in [-0.05, 0) is 63.5 Å². The quantitative estimate of drug-likeness (QED) is 0.744. The summed E-state index contributed by atoms with van der Waals surface area (Å²) in [6.07, 6.45) is 4.81. The van der Waals surface area contributed by atoms with Gasteiger partial charge >= 0.3 is 0 Å². The second-order valence-corrected chi connectivity index (χ2v) is 9.70. The highest BCUT2D eigenvalue weighted by molar-refractivity contribution is 5.93. The zero-order valence-corrected chi connectivity index (χ0v) is 19.6. The number of nitrogens with zero attached hydrogens (tertiary/aromatic N) is 4. The highest BCUT2D eigenvalue weighted by Gasteiger charge is 2.33. The number of aromatic nitrogens is 2. The van der Waals surface area contributed by atoms with E-state index in [-0.39, 0.29) is 42.3 Å². The third-order valence-electron chi connectivity index (χ3n) is 7.39. The van der Waals surface area contributed by atoms with Crippen molar-refractivity contribution < 1.29 is 18.7 Å². The summed E-state index contributed by atoms with van der Waals surface area (Å²) in [4.78, 5) is 34.4. The van der Waals surface area contributed by atoms with Crippen molar-refractivity contribution in [1.29, 1.82) is 0 Å². The highest BCUT2D eigenvalue weighted by Crippen LogP contribution is 2.29. The molecule has 0 saturated carbocycles. The molecule has 2 saturated heterocycles. The van der Waals surface area contributed by atoms with Crippen LogP contribution in [0.25, 0.3) is 0 Å². The average Bonchev–Trinajstić information content (AvgIpc) is 3.29. The van der Waals surface area contributed by atoms with Crippen molar-refractivity contribution in [3.63, 3.8) is 0 Å². The predicted molar refractivity (Wildman–Crippen MR) is 123 cm³/mol. The lowest BCUT2D eigenvalue weighted by Crippen LogP contribution is -2.48. The number of amides is 2. The molecule has 0 spiro atoms. The summed E-state index contributed by atoms with van der Waals surface area (Å²) in [5.41, 5.74) is 2.09. The number of carbonyl (C=O) groups excluding carboxylic acids is 2. The van der Waals surface area contributed by atoms with Crippen LogP contribution in [-0.2, 0) is 22.7 Å². The van der Waals surface area contributed by atoms with Crippen LogP contribution in [-0.4, -0.2) is 70.4 Å². The summed E-state index contributed by atoms with van der Waals surface area (Å²) in [7, 11) is 2.11. The van der Waals surface area contributed by atoms with Gasteiger partial charge in [-0.3, -0.25) is 9.59 Å². The number of nitrogens with one attached hydrogen (secondary N) is 1. The SMILES string of the molecule is CN1CCC(NC(=O)C2CCN(C(=O)c3ncn4c3CO[C@@H](c3ccc(F)cc3)C4)CC2)CC1. The molecule has 5 rings (SSSR count). The van der Waals surface area contributed by atoms with Crippen molar-refractivity contribution in [3.8, 4) is 0 Å². The molecular weight excluding hydrogens is 437 g/mol. The van der Waals surface area contributed by atoms with Crippen LogP contribution in [0.3, 0.4) is 0 Å². The van der Waals surface area contributed by atoms with Gasteiger partial charge < -0.3 is 24.4 Å². The van der Waals surface area contributed by atoms with Crippen LogP contribution in [0.4, 0.5) is 4.39 Å². The topological polar surface area (TPSA) is 79.7 Å². The van der Waals surface area contributed by atoms with E-state index in [1.807, 2.05) is 4.57 Å². The van der Waals surface area contributed by atoms with Crippen molar-refractivity contribution in [2.45, 2.75) is 51.0 Å². The fraction of sp³-hybridized carbons (Fsp3) is 0.560. The van der Waals surface area contributed by atoms with Crippen LogP contribution < -0.4 is 5.32 Å². The van der Waals surface area contributed by atoms with E-state index in [1.165, 1.54) is 12.1 Å². The Kier molecular flexibility index (Phi) is 6.65. The fourth-order valence-corrected chi connectivity index (χ4v) is 5.15. The molecule has 34 heavy (non-hydrogen) atoms. The normalized spacial score (nSPS) is 22.4. The maximum Gasteiger partial charge on any atom is 0.274 e. The number of halogens is 1. The molecule has 8 nitrogen and oxygen atoms in total. The number of likely N-dealkylation sites (tertiary alicyclic amines) is 2. The smallest absolute Gasteiger partial charge is 0.274 e. The monoisotopic (exact) mass is 469 g/mol. The van der Waals surface area contributed by atoms with Gasteiger partial charge in [-0.1, -0.05) is 12.1 Å². The van der Waals surface area contributed by atoms with Crippen LogP contribution in [0, 0.1) is 11.7 Å².